The van der Waals surface area contributed by atoms with Gasteiger partial charge in [0.1, 0.15) is 10.8 Å². The van der Waals surface area contributed by atoms with Crippen molar-refractivity contribution in [2.45, 2.75) is 17.7 Å². The van der Waals surface area contributed by atoms with Gasteiger partial charge >= 0.3 is 0 Å². The third-order valence-electron chi connectivity index (χ3n) is 4.48. The van der Waals surface area contributed by atoms with Crippen LogP contribution in [0.4, 0.5) is 0 Å². The Morgan fingerprint density at radius 2 is 1.87 bits per heavy atom. The van der Waals surface area contributed by atoms with Crippen molar-refractivity contribution in [3.05, 3.63) is 77.4 Å². The summed E-state index contributed by atoms with van der Waals surface area (Å²) in [6.07, 6.45) is 3.35. The molecule has 3 heterocycles. The van der Waals surface area contributed by atoms with E-state index in [1.54, 1.807) is 24.5 Å². The second kappa shape index (κ2) is 8.42. The largest absolute Gasteiger partial charge is 0.361 e. The van der Waals surface area contributed by atoms with E-state index in [4.69, 9.17) is 4.52 Å². The maximum absolute atomic E-state index is 12.7. The number of pyridine rings is 1. The van der Waals surface area contributed by atoms with Crippen molar-refractivity contribution in [2.24, 2.45) is 7.05 Å². The molecule has 0 unspecified atom stereocenters. The Balaban J connectivity index is 1.44. The predicted molar refractivity (Wildman–Crippen MR) is 113 cm³/mol. The number of carbonyl (C=O) groups is 2. The highest BCUT2D eigenvalue weighted by molar-refractivity contribution is 7.98. The summed E-state index contributed by atoms with van der Waals surface area (Å²) in [6.45, 7) is 1.82. The minimum absolute atomic E-state index is 0.362. The van der Waals surface area contributed by atoms with Gasteiger partial charge in [0.2, 0.25) is 0 Å². The minimum Gasteiger partial charge on any atom is -0.361 e. The summed E-state index contributed by atoms with van der Waals surface area (Å²) in [5.74, 6) is 0.393. The fourth-order valence-corrected chi connectivity index (χ4v) is 3.95. The Hall–Kier alpha value is -3.59. The lowest BCUT2D eigenvalue weighted by Crippen LogP contribution is -2.41. The first kappa shape index (κ1) is 19.7. The number of amides is 2. The van der Waals surface area contributed by atoms with Crippen LogP contribution in [0.3, 0.4) is 0 Å². The van der Waals surface area contributed by atoms with Crippen LogP contribution in [-0.4, -0.2) is 26.5 Å². The lowest BCUT2D eigenvalue weighted by Gasteiger charge is -2.09. The molecule has 2 amide bonds. The molecule has 0 aliphatic rings. The summed E-state index contributed by atoms with van der Waals surface area (Å²) in [7, 11) is 1.87. The Bertz CT molecular complexity index is 1230. The van der Waals surface area contributed by atoms with E-state index in [-0.39, 0.29) is 0 Å². The van der Waals surface area contributed by atoms with E-state index in [2.05, 4.69) is 21.0 Å². The Labute approximate surface area is 176 Å². The molecule has 4 aromatic rings. The first-order valence-electron chi connectivity index (χ1n) is 9.17. The number of rotatable bonds is 5. The fourth-order valence-electron chi connectivity index (χ4n) is 3.08. The van der Waals surface area contributed by atoms with Gasteiger partial charge in [-0.05, 0) is 25.1 Å². The van der Waals surface area contributed by atoms with E-state index >= 15 is 0 Å². The summed E-state index contributed by atoms with van der Waals surface area (Å²) in [4.78, 5) is 29.6. The molecule has 0 radical (unpaired) electrons. The molecule has 30 heavy (non-hydrogen) atoms. The number of nitrogens with one attached hydrogen (secondary N) is 2. The van der Waals surface area contributed by atoms with Gasteiger partial charge < -0.3 is 9.09 Å². The summed E-state index contributed by atoms with van der Waals surface area (Å²) in [6, 6.07) is 12.7. The molecule has 0 aliphatic heterocycles. The number of thioether (sulfide) groups is 1. The van der Waals surface area contributed by atoms with E-state index < -0.39 is 11.8 Å². The number of benzene rings is 1. The summed E-state index contributed by atoms with van der Waals surface area (Å²) in [5, 5.41) is 5.29. The molecule has 1 aromatic carbocycles. The Kier molecular flexibility index (Phi) is 5.53. The van der Waals surface area contributed by atoms with E-state index in [1.807, 2.05) is 48.9 Å². The van der Waals surface area contributed by atoms with Crippen LogP contribution < -0.4 is 10.9 Å². The van der Waals surface area contributed by atoms with Crippen LogP contribution in [0.25, 0.3) is 10.9 Å². The molecular formula is C21H19N5O3S. The molecule has 0 saturated heterocycles. The maximum atomic E-state index is 12.7. The number of hydrogen-bond acceptors (Lipinski definition) is 6. The van der Waals surface area contributed by atoms with Crippen molar-refractivity contribution >= 4 is 34.5 Å². The molecule has 2 N–H and O–H groups in total. The number of para-hydroxylation sites is 1. The third kappa shape index (κ3) is 4.06. The Morgan fingerprint density at radius 1 is 1.10 bits per heavy atom. The molecular weight excluding hydrogens is 402 g/mol. The number of fused-ring (bicyclic) bond motifs is 1. The van der Waals surface area contributed by atoms with Gasteiger partial charge in [0, 0.05) is 42.2 Å². The van der Waals surface area contributed by atoms with Gasteiger partial charge in [-0.2, -0.15) is 0 Å². The first-order valence-corrected chi connectivity index (χ1v) is 10.2. The zero-order valence-corrected chi connectivity index (χ0v) is 17.2. The molecule has 4 rings (SSSR count). The average Bonchev–Trinajstić information content (AvgIpc) is 3.33. The molecule has 0 saturated carbocycles. The fraction of sp³-hybridized carbons (Fsp3) is 0.143. The number of aromatic nitrogens is 3. The number of nitrogens with zero attached hydrogens (tertiary/aromatic N) is 3. The highest BCUT2D eigenvalue weighted by Crippen LogP contribution is 2.24. The van der Waals surface area contributed by atoms with Gasteiger partial charge in [-0.25, -0.2) is 4.98 Å². The monoisotopic (exact) mass is 421 g/mol. The molecule has 9 heteroatoms. The van der Waals surface area contributed by atoms with Gasteiger partial charge in [-0.15, -0.1) is 0 Å². The van der Waals surface area contributed by atoms with Gasteiger partial charge in [0.25, 0.3) is 11.8 Å². The summed E-state index contributed by atoms with van der Waals surface area (Å²) < 4.78 is 6.93. The third-order valence-corrected chi connectivity index (χ3v) is 5.52. The number of aryl methyl sites for hydroxylation is 2. The van der Waals surface area contributed by atoms with Crippen LogP contribution in [0.2, 0.25) is 0 Å². The van der Waals surface area contributed by atoms with Crippen LogP contribution in [0.5, 0.6) is 0 Å². The number of hydrazine groups is 1. The van der Waals surface area contributed by atoms with Gasteiger partial charge in [-0.1, -0.05) is 35.1 Å². The quantitative estimate of drug-likeness (QED) is 0.379. The SMILES string of the molecule is Cc1cc(CSc2ncccc2C(=O)NNC(=O)c2cn(C)c3ccccc23)no1. The van der Waals surface area contributed by atoms with Crippen LogP contribution in [0.1, 0.15) is 32.2 Å². The predicted octanol–water partition coefficient (Wildman–Crippen LogP) is 3.24. The molecule has 152 valence electrons. The van der Waals surface area contributed by atoms with Crippen LogP contribution in [0.15, 0.2) is 64.4 Å². The molecule has 8 nitrogen and oxygen atoms in total. The van der Waals surface area contributed by atoms with Crippen molar-refractivity contribution < 1.29 is 14.1 Å². The van der Waals surface area contributed by atoms with Crippen LogP contribution in [0, 0.1) is 6.92 Å². The van der Waals surface area contributed by atoms with E-state index in [9.17, 15) is 9.59 Å². The van der Waals surface area contributed by atoms with E-state index in [1.165, 1.54) is 11.8 Å². The van der Waals surface area contributed by atoms with Crippen molar-refractivity contribution in [2.75, 3.05) is 0 Å². The Morgan fingerprint density at radius 3 is 2.63 bits per heavy atom. The van der Waals surface area contributed by atoms with Crippen LogP contribution >= 0.6 is 11.8 Å². The topological polar surface area (TPSA) is 102 Å². The molecule has 3 aromatic heterocycles. The zero-order valence-electron chi connectivity index (χ0n) is 16.4. The highest BCUT2D eigenvalue weighted by Gasteiger charge is 2.17. The average molecular weight is 421 g/mol. The van der Waals surface area contributed by atoms with Gasteiger partial charge in [0.15, 0.2) is 0 Å². The normalized spacial score (nSPS) is 10.9. The van der Waals surface area contributed by atoms with Gasteiger partial charge in [-0.3, -0.25) is 20.4 Å². The maximum Gasteiger partial charge on any atom is 0.272 e. The summed E-state index contributed by atoms with van der Waals surface area (Å²) >= 11 is 1.37. The molecule has 0 spiro atoms. The second-order valence-electron chi connectivity index (χ2n) is 6.65. The van der Waals surface area contributed by atoms with Crippen LogP contribution in [-0.2, 0) is 12.8 Å². The molecule has 0 aliphatic carbocycles. The van der Waals surface area contributed by atoms with Crippen molar-refractivity contribution in [3.8, 4) is 0 Å². The standard InChI is InChI=1S/C21H19N5O3S/c1-13-10-14(25-29-13)12-30-21-16(7-5-9-22-21)19(27)23-24-20(28)17-11-26(2)18-8-4-3-6-15(17)18/h3-11H,12H2,1-2H3,(H,23,27)(H,24,28). The number of hydrogen-bond donors (Lipinski definition) is 2. The number of carbonyl (C=O) groups excluding carboxylic acids is 2. The zero-order chi connectivity index (χ0) is 21.1. The smallest absolute Gasteiger partial charge is 0.272 e. The lowest BCUT2D eigenvalue weighted by molar-refractivity contribution is 0.0845. The minimum atomic E-state index is -0.449. The highest BCUT2D eigenvalue weighted by atomic mass is 32.2. The van der Waals surface area contributed by atoms with Crippen molar-refractivity contribution in [1.29, 1.82) is 0 Å². The van der Waals surface area contributed by atoms with E-state index in [0.717, 1.165) is 22.4 Å². The second-order valence-corrected chi connectivity index (χ2v) is 7.62. The molecule has 0 bridgehead atoms. The summed E-state index contributed by atoms with van der Waals surface area (Å²) in [5.41, 5.74) is 7.51. The van der Waals surface area contributed by atoms with Gasteiger partial charge in [0.05, 0.1) is 16.8 Å². The lowest BCUT2D eigenvalue weighted by atomic mass is 10.2. The molecule has 0 fully saturated rings. The van der Waals surface area contributed by atoms with Crippen molar-refractivity contribution in [1.82, 2.24) is 25.6 Å². The van der Waals surface area contributed by atoms with Crippen molar-refractivity contribution in [3.63, 3.8) is 0 Å². The van der Waals surface area contributed by atoms with E-state index in [0.29, 0.717) is 21.9 Å². The molecule has 0 atom stereocenters. The first-order chi connectivity index (χ1) is 14.5.